The zero-order valence-electron chi connectivity index (χ0n) is 16.8. The second-order valence-corrected chi connectivity index (χ2v) is 7.89. The molecule has 0 saturated heterocycles. The lowest BCUT2D eigenvalue weighted by Gasteiger charge is -2.30. The van der Waals surface area contributed by atoms with E-state index in [4.69, 9.17) is 0 Å². The minimum Gasteiger partial charge on any atom is -0.346 e. The normalized spacial score (nSPS) is 20.0. The number of hydrogen-bond donors (Lipinski definition) is 1. The van der Waals surface area contributed by atoms with E-state index in [0.29, 0.717) is 5.92 Å². The van der Waals surface area contributed by atoms with Gasteiger partial charge in [-0.15, -0.1) is 0 Å². The molecule has 4 heteroatoms. The molecule has 0 aromatic heterocycles. The maximum absolute atomic E-state index is 12.7. The quantitative estimate of drug-likeness (QED) is 0.760. The standard InChI is InChI=1S/C22H34N2O2/c1-5-6-15-24(4)22(26)18-13-11-17(12-14-18)21(25)23-20-10-8-7-9-19(20)16(2)3/h7-10,16-18H,5-6,11-15H2,1-4H3,(H,23,25). The van der Waals surface area contributed by atoms with E-state index in [0.717, 1.165) is 50.8 Å². The molecule has 0 aliphatic heterocycles. The molecule has 144 valence electrons. The van der Waals surface area contributed by atoms with Crippen LogP contribution in [-0.2, 0) is 9.59 Å². The van der Waals surface area contributed by atoms with Crippen molar-refractivity contribution in [1.82, 2.24) is 4.90 Å². The molecule has 0 bridgehead atoms. The summed E-state index contributed by atoms with van der Waals surface area (Å²) in [5, 5.41) is 3.12. The van der Waals surface area contributed by atoms with Crippen molar-refractivity contribution in [2.24, 2.45) is 11.8 Å². The van der Waals surface area contributed by atoms with Crippen molar-refractivity contribution in [2.45, 2.75) is 65.2 Å². The second kappa shape index (κ2) is 9.75. The maximum atomic E-state index is 12.7. The monoisotopic (exact) mass is 358 g/mol. The predicted octanol–water partition coefficient (Wildman–Crippen LogP) is 4.81. The number of benzene rings is 1. The molecule has 2 rings (SSSR count). The van der Waals surface area contributed by atoms with E-state index in [1.807, 2.05) is 30.1 Å². The summed E-state index contributed by atoms with van der Waals surface area (Å²) in [5.74, 6) is 0.827. The number of anilines is 1. The Balaban J connectivity index is 1.88. The van der Waals surface area contributed by atoms with Crippen LogP contribution >= 0.6 is 0 Å². The summed E-state index contributed by atoms with van der Waals surface area (Å²) in [6.07, 6.45) is 5.39. The molecule has 0 unspecified atom stereocenters. The van der Waals surface area contributed by atoms with Crippen molar-refractivity contribution in [3.63, 3.8) is 0 Å². The van der Waals surface area contributed by atoms with Gasteiger partial charge in [0.1, 0.15) is 0 Å². The molecular weight excluding hydrogens is 324 g/mol. The van der Waals surface area contributed by atoms with Crippen LogP contribution in [0.15, 0.2) is 24.3 Å². The van der Waals surface area contributed by atoms with E-state index < -0.39 is 0 Å². The van der Waals surface area contributed by atoms with Crippen molar-refractivity contribution in [1.29, 1.82) is 0 Å². The van der Waals surface area contributed by atoms with E-state index in [1.165, 1.54) is 5.56 Å². The fraction of sp³-hybridized carbons (Fsp3) is 0.636. The number of nitrogens with zero attached hydrogens (tertiary/aromatic N) is 1. The number of para-hydroxylation sites is 1. The summed E-state index contributed by atoms with van der Waals surface area (Å²) < 4.78 is 0. The summed E-state index contributed by atoms with van der Waals surface area (Å²) in [4.78, 5) is 27.1. The Kier molecular flexibility index (Phi) is 7.67. The van der Waals surface area contributed by atoms with Gasteiger partial charge in [0.2, 0.25) is 11.8 Å². The van der Waals surface area contributed by atoms with E-state index in [-0.39, 0.29) is 23.7 Å². The van der Waals surface area contributed by atoms with Gasteiger partial charge in [0.25, 0.3) is 0 Å². The second-order valence-electron chi connectivity index (χ2n) is 7.89. The van der Waals surface area contributed by atoms with Crippen LogP contribution in [0.3, 0.4) is 0 Å². The fourth-order valence-electron chi connectivity index (χ4n) is 3.77. The maximum Gasteiger partial charge on any atom is 0.227 e. The molecule has 1 N–H and O–H groups in total. The molecule has 1 fully saturated rings. The minimum atomic E-state index is 0.0141. The lowest BCUT2D eigenvalue weighted by Crippen LogP contribution is -2.37. The lowest BCUT2D eigenvalue weighted by atomic mass is 9.81. The number of amides is 2. The molecule has 1 aliphatic rings. The Morgan fingerprint density at radius 2 is 1.73 bits per heavy atom. The predicted molar refractivity (Wildman–Crippen MR) is 107 cm³/mol. The molecule has 1 saturated carbocycles. The zero-order chi connectivity index (χ0) is 19.1. The van der Waals surface area contributed by atoms with E-state index in [9.17, 15) is 9.59 Å². The van der Waals surface area contributed by atoms with E-state index in [2.05, 4.69) is 32.2 Å². The van der Waals surface area contributed by atoms with Crippen LogP contribution < -0.4 is 5.32 Å². The fourth-order valence-corrected chi connectivity index (χ4v) is 3.77. The van der Waals surface area contributed by atoms with Gasteiger partial charge in [-0.2, -0.15) is 0 Å². The highest BCUT2D eigenvalue weighted by atomic mass is 16.2. The summed E-state index contributed by atoms with van der Waals surface area (Å²) in [7, 11) is 1.90. The van der Waals surface area contributed by atoms with Gasteiger partial charge < -0.3 is 10.2 Å². The SMILES string of the molecule is CCCCN(C)C(=O)C1CCC(C(=O)Nc2ccccc2C(C)C)CC1. The van der Waals surface area contributed by atoms with Crippen LogP contribution in [0.25, 0.3) is 0 Å². The summed E-state index contributed by atoms with van der Waals surface area (Å²) in [5.41, 5.74) is 2.09. The Morgan fingerprint density at radius 1 is 1.12 bits per heavy atom. The molecule has 2 amide bonds. The molecular formula is C22H34N2O2. The largest absolute Gasteiger partial charge is 0.346 e. The van der Waals surface area contributed by atoms with E-state index in [1.54, 1.807) is 0 Å². The average Bonchev–Trinajstić information content (AvgIpc) is 2.65. The summed E-state index contributed by atoms with van der Waals surface area (Å²) in [6, 6.07) is 8.02. The highest BCUT2D eigenvalue weighted by Crippen LogP contribution is 2.32. The number of carbonyl (C=O) groups is 2. The third kappa shape index (κ3) is 5.33. The van der Waals surface area contributed by atoms with Crippen LogP contribution in [0.5, 0.6) is 0 Å². The smallest absolute Gasteiger partial charge is 0.227 e. The van der Waals surface area contributed by atoms with Crippen LogP contribution in [0.2, 0.25) is 0 Å². The van der Waals surface area contributed by atoms with Crippen LogP contribution in [0.4, 0.5) is 5.69 Å². The number of rotatable bonds is 7. The third-order valence-corrected chi connectivity index (χ3v) is 5.51. The van der Waals surface area contributed by atoms with Crippen molar-refractivity contribution in [3.05, 3.63) is 29.8 Å². The average molecular weight is 359 g/mol. The Bertz CT molecular complexity index is 604. The van der Waals surface area contributed by atoms with Crippen molar-refractivity contribution >= 4 is 17.5 Å². The van der Waals surface area contributed by atoms with Gasteiger partial charge >= 0.3 is 0 Å². The van der Waals surface area contributed by atoms with Gasteiger partial charge in [0.15, 0.2) is 0 Å². The number of nitrogens with one attached hydrogen (secondary N) is 1. The molecule has 1 aromatic rings. The first kappa shape index (κ1) is 20.5. The van der Waals surface area contributed by atoms with Crippen molar-refractivity contribution in [2.75, 3.05) is 18.9 Å². The highest BCUT2D eigenvalue weighted by Gasteiger charge is 2.31. The van der Waals surface area contributed by atoms with Gasteiger partial charge in [-0.25, -0.2) is 0 Å². The molecule has 0 spiro atoms. The first-order chi connectivity index (χ1) is 12.4. The molecule has 0 radical (unpaired) electrons. The number of hydrogen-bond acceptors (Lipinski definition) is 2. The number of carbonyl (C=O) groups excluding carboxylic acids is 2. The third-order valence-electron chi connectivity index (χ3n) is 5.51. The van der Waals surface area contributed by atoms with Gasteiger partial charge in [-0.1, -0.05) is 45.4 Å². The van der Waals surface area contributed by atoms with Gasteiger partial charge in [-0.3, -0.25) is 9.59 Å². The van der Waals surface area contributed by atoms with Crippen LogP contribution in [0.1, 0.15) is 70.8 Å². The lowest BCUT2D eigenvalue weighted by molar-refractivity contribution is -0.136. The van der Waals surface area contributed by atoms with Gasteiger partial charge in [0.05, 0.1) is 0 Å². The number of unbranched alkanes of at least 4 members (excludes halogenated alkanes) is 1. The Labute approximate surface area is 158 Å². The van der Waals surface area contributed by atoms with E-state index >= 15 is 0 Å². The van der Waals surface area contributed by atoms with Crippen molar-refractivity contribution < 1.29 is 9.59 Å². The minimum absolute atomic E-state index is 0.0141. The van der Waals surface area contributed by atoms with Crippen molar-refractivity contribution in [3.8, 4) is 0 Å². The Morgan fingerprint density at radius 3 is 2.35 bits per heavy atom. The molecule has 26 heavy (non-hydrogen) atoms. The van der Waals surface area contributed by atoms with Gasteiger partial charge in [0, 0.05) is 31.1 Å². The first-order valence-electron chi connectivity index (χ1n) is 10.1. The summed E-state index contributed by atoms with van der Waals surface area (Å²) >= 11 is 0. The molecule has 1 aliphatic carbocycles. The molecule has 1 aromatic carbocycles. The molecule has 0 atom stereocenters. The van der Waals surface area contributed by atoms with Crippen LogP contribution in [-0.4, -0.2) is 30.3 Å². The summed E-state index contributed by atoms with van der Waals surface area (Å²) in [6.45, 7) is 7.25. The Hall–Kier alpha value is -1.84. The molecule has 0 heterocycles. The van der Waals surface area contributed by atoms with Crippen LogP contribution in [0, 0.1) is 11.8 Å². The highest BCUT2D eigenvalue weighted by molar-refractivity contribution is 5.93. The first-order valence-corrected chi connectivity index (χ1v) is 10.1. The van der Waals surface area contributed by atoms with Gasteiger partial charge in [-0.05, 0) is 49.7 Å². The zero-order valence-corrected chi connectivity index (χ0v) is 16.8. The molecule has 4 nitrogen and oxygen atoms in total. The topological polar surface area (TPSA) is 49.4 Å².